The Morgan fingerprint density at radius 3 is 2.46 bits per heavy atom. The van der Waals surface area contributed by atoms with Crippen molar-refractivity contribution in [2.24, 2.45) is 0 Å². The predicted octanol–water partition coefficient (Wildman–Crippen LogP) is 2.16. The van der Waals surface area contributed by atoms with Crippen LogP contribution in [0.3, 0.4) is 0 Å². The Labute approximate surface area is 139 Å². The molecule has 2 rings (SSSR count). The molecule has 0 fully saturated rings. The number of nitrogens with one attached hydrogen (secondary N) is 1. The molecule has 0 unspecified atom stereocenters. The molecule has 0 aliphatic carbocycles. The summed E-state index contributed by atoms with van der Waals surface area (Å²) in [6.45, 7) is 5.10. The number of esters is 1. The number of methoxy groups -OCH3 is 1. The smallest absolute Gasteiger partial charge is 0.344 e. The molecule has 0 aliphatic heterocycles. The lowest BCUT2D eigenvalue weighted by atomic mass is 10.2. The van der Waals surface area contributed by atoms with Crippen molar-refractivity contribution in [1.82, 2.24) is 10.5 Å². The van der Waals surface area contributed by atoms with Crippen molar-refractivity contribution in [3.8, 4) is 5.75 Å². The second kappa shape index (κ2) is 7.63. The van der Waals surface area contributed by atoms with E-state index in [1.165, 1.54) is 6.92 Å². The molecule has 1 amide bonds. The molecule has 128 valence electrons. The first-order chi connectivity index (χ1) is 11.4. The quantitative estimate of drug-likeness (QED) is 0.815. The molecule has 2 aromatic rings. The molecule has 7 heteroatoms. The molecule has 1 heterocycles. The number of hydrogen-bond donors (Lipinski definition) is 1. The van der Waals surface area contributed by atoms with Crippen LogP contribution in [0.5, 0.6) is 5.75 Å². The number of carbonyl (C=O) groups is 2. The summed E-state index contributed by atoms with van der Waals surface area (Å²) in [4.78, 5) is 24.2. The first-order valence-corrected chi connectivity index (χ1v) is 7.47. The number of rotatable bonds is 6. The maximum Gasteiger partial charge on any atom is 0.344 e. The Morgan fingerprint density at radius 2 is 1.92 bits per heavy atom. The summed E-state index contributed by atoms with van der Waals surface area (Å²) in [5.41, 5.74) is 1.60. The van der Waals surface area contributed by atoms with Gasteiger partial charge in [-0.1, -0.05) is 17.3 Å². The number of aryl methyl sites for hydroxylation is 2. The van der Waals surface area contributed by atoms with Crippen LogP contribution in [0.4, 0.5) is 0 Å². The Morgan fingerprint density at radius 1 is 1.25 bits per heavy atom. The van der Waals surface area contributed by atoms with E-state index in [4.69, 9.17) is 14.0 Å². The molecule has 0 saturated heterocycles. The number of carbonyl (C=O) groups excluding carboxylic acids is 2. The fourth-order valence-electron chi connectivity index (χ4n) is 2.12. The maximum absolute atomic E-state index is 12.1. The Hall–Kier alpha value is -2.83. The highest BCUT2D eigenvalue weighted by Gasteiger charge is 2.24. The van der Waals surface area contributed by atoms with Gasteiger partial charge in [-0.3, -0.25) is 4.79 Å². The number of amides is 1. The van der Waals surface area contributed by atoms with Gasteiger partial charge in [0.25, 0.3) is 5.91 Å². The standard InChI is InChI=1S/C17H20N2O5/c1-10-15(11(2)24-19-10)17(21)23-12(3)16(20)18-9-13-5-7-14(22-4)8-6-13/h5-8,12H,9H2,1-4H3,(H,18,20)/t12-/m0/s1. The van der Waals surface area contributed by atoms with E-state index >= 15 is 0 Å². The average molecular weight is 332 g/mol. The third-order valence-electron chi connectivity index (χ3n) is 3.52. The fraction of sp³-hybridized carbons (Fsp3) is 0.353. The minimum Gasteiger partial charge on any atom is -0.497 e. The molecule has 7 nitrogen and oxygen atoms in total. The maximum atomic E-state index is 12.1. The van der Waals surface area contributed by atoms with Gasteiger partial charge in [0.15, 0.2) is 6.10 Å². The fourth-order valence-corrected chi connectivity index (χ4v) is 2.12. The Balaban J connectivity index is 1.88. The lowest BCUT2D eigenvalue weighted by molar-refractivity contribution is -0.129. The van der Waals surface area contributed by atoms with Crippen LogP contribution in [0.2, 0.25) is 0 Å². The number of benzene rings is 1. The van der Waals surface area contributed by atoms with Crippen molar-refractivity contribution in [3.05, 3.63) is 46.8 Å². The van der Waals surface area contributed by atoms with Crippen LogP contribution in [0.1, 0.15) is 34.3 Å². The second-order valence-corrected chi connectivity index (χ2v) is 5.31. The Bertz CT molecular complexity index is 702. The lowest BCUT2D eigenvalue weighted by Gasteiger charge is -2.13. The average Bonchev–Trinajstić information content (AvgIpc) is 2.91. The van der Waals surface area contributed by atoms with Gasteiger partial charge in [-0.05, 0) is 38.5 Å². The van der Waals surface area contributed by atoms with Gasteiger partial charge >= 0.3 is 5.97 Å². The molecule has 1 N–H and O–H groups in total. The number of ether oxygens (including phenoxy) is 2. The molecule has 1 aromatic carbocycles. The van der Waals surface area contributed by atoms with Crippen LogP contribution in [0, 0.1) is 13.8 Å². The zero-order chi connectivity index (χ0) is 17.7. The van der Waals surface area contributed by atoms with Crippen molar-refractivity contribution < 1.29 is 23.6 Å². The molecular formula is C17H20N2O5. The van der Waals surface area contributed by atoms with Gasteiger partial charge in [-0.15, -0.1) is 0 Å². The van der Waals surface area contributed by atoms with Gasteiger partial charge in [-0.25, -0.2) is 4.79 Å². The molecule has 24 heavy (non-hydrogen) atoms. The molecule has 0 bridgehead atoms. The number of aromatic nitrogens is 1. The summed E-state index contributed by atoms with van der Waals surface area (Å²) >= 11 is 0. The first kappa shape index (κ1) is 17.5. The van der Waals surface area contributed by atoms with Crippen LogP contribution < -0.4 is 10.1 Å². The van der Waals surface area contributed by atoms with Gasteiger partial charge < -0.3 is 19.3 Å². The number of hydrogen-bond acceptors (Lipinski definition) is 6. The van der Waals surface area contributed by atoms with E-state index in [1.54, 1.807) is 21.0 Å². The molecule has 1 atom stereocenters. The van der Waals surface area contributed by atoms with Gasteiger partial charge in [0.1, 0.15) is 17.1 Å². The SMILES string of the molecule is COc1ccc(CNC(=O)[C@H](C)OC(=O)c2c(C)noc2C)cc1. The van der Waals surface area contributed by atoms with Crippen LogP contribution in [-0.2, 0) is 16.1 Å². The molecule has 0 radical (unpaired) electrons. The first-order valence-electron chi connectivity index (χ1n) is 7.47. The molecular weight excluding hydrogens is 312 g/mol. The minimum absolute atomic E-state index is 0.254. The summed E-state index contributed by atoms with van der Waals surface area (Å²) in [5, 5.41) is 6.41. The van der Waals surface area contributed by atoms with Gasteiger partial charge in [0.05, 0.1) is 12.8 Å². The monoisotopic (exact) mass is 332 g/mol. The molecule has 0 spiro atoms. The normalized spacial score (nSPS) is 11.7. The zero-order valence-corrected chi connectivity index (χ0v) is 14.1. The van der Waals surface area contributed by atoms with E-state index in [2.05, 4.69) is 10.5 Å². The van der Waals surface area contributed by atoms with Crippen LogP contribution >= 0.6 is 0 Å². The van der Waals surface area contributed by atoms with Crippen LogP contribution in [0.15, 0.2) is 28.8 Å². The van der Waals surface area contributed by atoms with E-state index < -0.39 is 12.1 Å². The highest BCUT2D eigenvalue weighted by molar-refractivity contribution is 5.93. The van der Waals surface area contributed by atoms with Crippen molar-refractivity contribution in [3.63, 3.8) is 0 Å². The third-order valence-corrected chi connectivity index (χ3v) is 3.52. The van der Waals surface area contributed by atoms with Crippen molar-refractivity contribution in [1.29, 1.82) is 0 Å². The van der Waals surface area contributed by atoms with Crippen LogP contribution in [-0.4, -0.2) is 30.2 Å². The van der Waals surface area contributed by atoms with Crippen molar-refractivity contribution in [2.45, 2.75) is 33.4 Å². The van der Waals surface area contributed by atoms with E-state index in [1.807, 2.05) is 24.3 Å². The lowest BCUT2D eigenvalue weighted by Crippen LogP contribution is -2.35. The summed E-state index contributed by atoms with van der Waals surface area (Å²) in [6, 6.07) is 7.31. The minimum atomic E-state index is -0.926. The molecule has 0 saturated carbocycles. The van der Waals surface area contributed by atoms with E-state index in [0.717, 1.165) is 11.3 Å². The van der Waals surface area contributed by atoms with E-state index in [9.17, 15) is 9.59 Å². The van der Waals surface area contributed by atoms with Crippen molar-refractivity contribution in [2.75, 3.05) is 7.11 Å². The summed E-state index contributed by atoms with van der Waals surface area (Å²) < 4.78 is 15.2. The zero-order valence-electron chi connectivity index (χ0n) is 14.1. The molecule has 1 aromatic heterocycles. The van der Waals surface area contributed by atoms with Crippen LogP contribution in [0.25, 0.3) is 0 Å². The second-order valence-electron chi connectivity index (χ2n) is 5.31. The number of nitrogens with zero attached hydrogens (tertiary/aromatic N) is 1. The third kappa shape index (κ3) is 4.13. The topological polar surface area (TPSA) is 90.7 Å². The van der Waals surface area contributed by atoms with E-state index in [-0.39, 0.29) is 11.5 Å². The largest absolute Gasteiger partial charge is 0.497 e. The van der Waals surface area contributed by atoms with E-state index in [0.29, 0.717) is 18.0 Å². The van der Waals surface area contributed by atoms with Gasteiger partial charge in [0.2, 0.25) is 0 Å². The van der Waals surface area contributed by atoms with Gasteiger partial charge in [0, 0.05) is 6.54 Å². The highest BCUT2D eigenvalue weighted by atomic mass is 16.5. The van der Waals surface area contributed by atoms with Crippen molar-refractivity contribution >= 4 is 11.9 Å². The summed E-state index contributed by atoms with van der Waals surface area (Å²) in [6.07, 6.45) is -0.926. The molecule has 0 aliphatic rings. The van der Waals surface area contributed by atoms with Gasteiger partial charge in [-0.2, -0.15) is 0 Å². The highest BCUT2D eigenvalue weighted by Crippen LogP contribution is 2.15. The predicted molar refractivity (Wildman–Crippen MR) is 85.7 cm³/mol. The summed E-state index contributed by atoms with van der Waals surface area (Å²) in [7, 11) is 1.59. The summed E-state index contributed by atoms with van der Waals surface area (Å²) in [5.74, 6) is 0.0967. The Kier molecular flexibility index (Phi) is 5.57.